The molecule has 0 atom stereocenters. The minimum atomic E-state index is -0.0767. The lowest BCUT2D eigenvalue weighted by atomic mass is 9.98. The Bertz CT molecular complexity index is 1470. The van der Waals surface area contributed by atoms with Crippen LogP contribution in [0.3, 0.4) is 0 Å². The lowest BCUT2D eigenvalue weighted by Gasteiger charge is -2.31. The molecule has 1 aliphatic heterocycles. The lowest BCUT2D eigenvalue weighted by molar-refractivity contribution is 0.0719. The number of fused-ring (bicyclic) bond motifs is 1. The van der Waals surface area contributed by atoms with Gasteiger partial charge in [-0.05, 0) is 61.4 Å². The Morgan fingerprint density at radius 2 is 1.97 bits per heavy atom. The first kappa shape index (κ1) is 23.5. The molecular formula is C28H29N5O3. The molecule has 4 aromatic rings. The van der Waals surface area contributed by atoms with Gasteiger partial charge in [-0.15, -0.1) is 0 Å². The molecular weight excluding hydrogens is 454 g/mol. The smallest absolute Gasteiger partial charge is 0.272 e. The zero-order chi connectivity index (χ0) is 25.2. The van der Waals surface area contributed by atoms with Crippen LogP contribution in [0.15, 0.2) is 65.6 Å². The molecule has 0 aliphatic carbocycles. The van der Waals surface area contributed by atoms with Crippen LogP contribution in [-0.4, -0.2) is 43.8 Å². The molecule has 36 heavy (non-hydrogen) atoms. The van der Waals surface area contributed by atoms with Gasteiger partial charge in [0.1, 0.15) is 11.4 Å². The highest BCUT2D eigenvalue weighted by atomic mass is 16.5. The maximum absolute atomic E-state index is 13.8. The minimum Gasteiger partial charge on any atom is -0.497 e. The van der Waals surface area contributed by atoms with Gasteiger partial charge < -0.3 is 14.2 Å². The van der Waals surface area contributed by atoms with Crippen LogP contribution in [0.5, 0.6) is 5.75 Å². The highest BCUT2D eigenvalue weighted by Gasteiger charge is 2.28. The monoisotopic (exact) mass is 483 g/mol. The molecule has 0 N–H and O–H groups in total. The molecule has 1 aromatic carbocycles. The summed E-state index contributed by atoms with van der Waals surface area (Å²) >= 11 is 0. The van der Waals surface area contributed by atoms with Crippen LogP contribution in [-0.2, 0) is 26.1 Å². The predicted octanol–water partition coefficient (Wildman–Crippen LogP) is 3.69. The third kappa shape index (κ3) is 4.42. The summed E-state index contributed by atoms with van der Waals surface area (Å²) in [6, 6.07) is 17.0. The van der Waals surface area contributed by atoms with E-state index in [2.05, 4.69) is 10.1 Å². The molecule has 5 rings (SSSR count). The quantitative estimate of drug-likeness (QED) is 0.418. The van der Waals surface area contributed by atoms with E-state index in [1.165, 1.54) is 0 Å². The van der Waals surface area contributed by atoms with Crippen LogP contribution in [0.25, 0.3) is 11.1 Å². The van der Waals surface area contributed by atoms with Crippen LogP contribution in [0.1, 0.15) is 40.1 Å². The van der Waals surface area contributed by atoms with E-state index in [9.17, 15) is 9.59 Å². The van der Waals surface area contributed by atoms with Gasteiger partial charge in [-0.25, -0.2) is 0 Å². The van der Waals surface area contributed by atoms with Crippen molar-refractivity contribution < 1.29 is 9.53 Å². The van der Waals surface area contributed by atoms with Crippen molar-refractivity contribution in [1.82, 2.24) is 24.2 Å². The summed E-state index contributed by atoms with van der Waals surface area (Å²) in [4.78, 5) is 33.5. The van der Waals surface area contributed by atoms with Crippen LogP contribution in [0.2, 0.25) is 0 Å². The van der Waals surface area contributed by atoms with Gasteiger partial charge >= 0.3 is 0 Å². The normalized spacial score (nSPS) is 12.9. The third-order valence-corrected chi connectivity index (χ3v) is 6.61. The zero-order valence-electron chi connectivity index (χ0n) is 20.8. The molecule has 3 aromatic heterocycles. The summed E-state index contributed by atoms with van der Waals surface area (Å²) in [5.41, 5.74) is 5.41. The first-order valence-electron chi connectivity index (χ1n) is 12.1. The van der Waals surface area contributed by atoms with Crippen LogP contribution in [0.4, 0.5) is 0 Å². The number of pyridine rings is 2. The fraction of sp³-hybridized carbons (Fsp3) is 0.286. The van der Waals surface area contributed by atoms with Crippen molar-refractivity contribution in [3.8, 4) is 16.9 Å². The molecule has 0 radical (unpaired) electrons. The van der Waals surface area contributed by atoms with E-state index in [0.717, 1.165) is 28.2 Å². The topological polar surface area (TPSA) is 82.3 Å². The maximum atomic E-state index is 13.8. The molecule has 8 heteroatoms. The average Bonchev–Trinajstić information content (AvgIpc) is 3.30. The highest BCUT2D eigenvalue weighted by molar-refractivity contribution is 5.93. The predicted molar refractivity (Wildman–Crippen MR) is 137 cm³/mol. The second kappa shape index (κ2) is 9.81. The van der Waals surface area contributed by atoms with Crippen molar-refractivity contribution in [2.45, 2.75) is 39.9 Å². The van der Waals surface area contributed by atoms with Crippen molar-refractivity contribution in [1.29, 1.82) is 0 Å². The third-order valence-electron chi connectivity index (χ3n) is 6.61. The fourth-order valence-corrected chi connectivity index (χ4v) is 4.83. The number of benzene rings is 1. The van der Waals surface area contributed by atoms with E-state index < -0.39 is 0 Å². The first-order chi connectivity index (χ1) is 17.5. The fourth-order valence-electron chi connectivity index (χ4n) is 4.83. The molecule has 184 valence electrons. The Balaban J connectivity index is 1.59. The summed E-state index contributed by atoms with van der Waals surface area (Å²) in [7, 11) is 1.61. The first-order valence-corrected chi connectivity index (χ1v) is 12.1. The van der Waals surface area contributed by atoms with Gasteiger partial charge in [0.25, 0.3) is 11.5 Å². The van der Waals surface area contributed by atoms with E-state index in [1.54, 1.807) is 18.0 Å². The molecule has 0 saturated carbocycles. The SMILES string of the molecule is CCn1nc(C)cc1C(=O)N1CCc2c(cc(-c3cccc(OC)c3)c(=O)n2Cc2ccccn2)C1. The number of amides is 1. The number of aryl methyl sites for hydroxylation is 2. The summed E-state index contributed by atoms with van der Waals surface area (Å²) in [6.45, 7) is 5.82. The molecule has 8 nitrogen and oxygen atoms in total. The summed E-state index contributed by atoms with van der Waals surface area (Å²) in [6.07, 6.45) is 2.32. The highest BCUT2D eigenvalue weighted by Crippen LogP contribution is 2.27. The Morgan fingerprint density at radius 3 is 2.72 bits per heavy atom. The van der Waals surface area contributed by atoms with Gasteiger partial charge in [-0.2, -0.15) is 5.10 Å². The summed E-state index contributed by atoms with van der Waals surface area (Å²) in [5.74, 6) is 0.634. The Kier molecular flexibility index (Phi) is 6.41. The lowest BCUT2D eigenvalue weighted by Crippen LogP contribution is -2.40. The molecule has 0 spiro atoms. The number of aromatic nitrogens is 4. The van der Waals surface area contributed by atoms with E-state index in [1.807, 2.05) is 77.9 Å². The van der Waals surface area contributed by atoms with E-state index in [4.69, 9.17) is 4.74 Å². The Labute approximate surface area is 209 Å². The number of methoxy groups -OCH3 is 1. The summed E-state index contributed by atoms with van der Waals surface area (Å²) < 4.78 is 8.96. The number of ether oxygens (including phenoxy) is 1. The van der Waals surface area contributed by atoms with Crippen molar-refractivity contribution >= 4 is 5.91 Å². The molecule has 0 saturated heterocycles. The standard InChI is InChI=1S/C28H29N5O3/c1-4-33-26(14-19(2)30-33)28(35)31-13-11-25-21(17-31)16-24(20-8-7-10-23(15-20)36-3)27(34)32(25)18-22-9-5-6-12-29-22/h5-10,12,14-16H,4,11,13,17-18H2,1-3H3. The minimum absolute atomic E-state index is 0.0477. The van der Waals surface area contributed by atoms with E-state index in [0.29, 0.717) is 49.6 Å². The number of rotatable bonds is 6. The maximum Gasteiger partial charge on any atom is 0.272 e. The number of nitrogens with zero attached hydrogens (tertiary/aromatic N) is 5. The number of hydrogen-bond donors (Lipinski definition) is 0. The second-order valence-electron chi connectivity index (χ2n) is 8.94. The van der Waals surface area contributed by atoms with Crippen LogP contribution in [0, 0.1) is 6.92 Å². The van der Waals surface area contributed by atoms with Gasteiger partial charge in [0.05, 0.1) is 25.0 Å². The average molecular weight is 484 g/mol. The van der Waals surface area contributed by atoms with Gasteiger partial charge in [0, 0.05) is 43.5 Å². The molecule has 1 amide bonds. The van der Waals surface area contributed by atoms with E-state index >= 15 is 0 Å². The molecule has 0 bridgehead atoms. The summed E-state index contributed by atoms with van der Waals surface area (Å²) in [5, 5.41) is 4.44. The molecule has 4 heterocycles. The van der Waals surface area contributed by atoms with Crippen molar-refractivity contribution in [3.05, 3.63) is 99.5 Å². The van der Waals surface area contributed by atoms with Crippen LogP contribution >= 0.6 is 0 Å². The van der Waals surface area contributed by atoms with Gasteiger partial charge in [-0.1, -0.05) is 18.2 Å². The van der Waals surface area contributed by atoms with Crippen LogP contribution < -0.4 is 10.3 Å². The molecule has 0 fully saturated rings. The Morgan fingerprint density at radius 1 is 1.11 bits per heavy atom. The largest absolute Gasteiger partial charge is 0.497 e. The van der Waals surface area contributed by atoms with Gasteiger partial charge in [0.15, 0.2) is 0 Å². The van der Waals surface area contributed by atoms with Gasteiger partial charge in [-0.3, -0.25) is 19.3 Å². The van der Waals surface area contributed by atoms with E-state index in [-0.39, 0.29) is 11.5 Å². The number of carbonyl (C=O) groups excluding carboxylic acids is 1. The van der Waals surface area contributed by atoms with Gasteiger partial charge in [0.2, 0.25) is 0 Å². The molecule has 1 aliphatic rings. The van der Waals surface area contributed by atoms with Crippen molar-refractivity contribution in [3.63, 3.8) is 0 Å². The number of hydrogen-bond acceptors (Lipinski definition) is 5. The van der Waals surface area contributed by atoms with Crippen molar-refractivity contribution in [2.24, 2.45) is 0 Å². The van der Waals surface area contributed by atoms with Crippen molar-refractivity contribution in [2.75, 3.05) is 13.7 Å². The second-order valence-corrected chi connectivity index (χ2v) is 8.94. The zero-order valence-corrected chi connectivity index (χ0v) is 20.8. The Hall–Kier alpha value is -4.20. The molecule has 0 unspecified atom stereocenters. The number of carbonyl (C=O) groups is 1.